The Morgan fingerprint density at radius 1 is 1.27 bits per heavy atom. The first-order chi connectivity index (χ1) is 7.15. The average molecular weight is 222 g/mol. The highest BCUT2D eigenvalue weighted by molar-refractivity contribution is 7.79. The Bertz CT molecular complexity index is 399. The molecule has 0 aliphatic rings. The smallest absolute Gasteiger partial charge is 0.303 e. The van der Waals surface area contributed by atoms with E-state index in [2.05, 4.69) is 0 Å². The number of hydrogen-bond acceptors (Lipinski definition) is 3. The Balaban J connectivity index is 2.81. The zero-order chi connectivity index (χ0) is 11.3. The fourth-order valence-electron chi connectivity index (χ4n) is 1.21. The number of hydrogen-bond donors (Lipinski definition) is 1. The molecule has 78 valence electrons. The predicted molar refractivity (Wildman–Crippen MR) is 60.4 cm³/mol. The first-order valence-corrected chi connectivity index (χ1v) is 4.91. The number of carboxylic acids is 1. The van der Waals surface area contributed by atoms with Crippen molar-refractivity contribution >= 4 is 29.3 Å². The maximum atomic E-state index is 11.6. The van der Waals surface area contributed by atoms with Crippen molar-refractivity contribution in [2.24, 2.45) is 0 Å². The van der Waals surface area contributed by atoms with E-state index >= 15 is 0 Å². The van der Waals surface area contributed by atoms with Crippen molar-refractivity contribution in [1.82, 2.24) is 0 Å². The van der Waals surface area contributed by atoms with Crippen LogP contribution < -0.4 is 0 Å². The van der Waals surface area contributed by atoms with Gasteiger partial charge in [-0.1, -0.05) is 36.5 Å². The zero-order valence-corrected chi connectivity index (χ0v) is 8.79. The van der Waals surface area contributed by atoms with Gasteiger partial charge < -0.3 is 5.11 Å². The third-order valence-corrected chi connectivity index (χ3v) is 2.21. The second kappa shape index (κ2) is 5.36. The second-order valence-electron chi connectivity index (χ2n) is 3.02. The summed E-state index contributed by atoms with van der Waals surface area (Å²) in [6.07, 6.45) is -0.139. The van der Waals surface area contributed by atoms with E-state index < -0.39 is 5.97 Å². The van der Waals surface area contributed by atoms with E-state index in [0.29, 0.717) is 11.1 Å². The molecular formula is C11H10O3S. The first kappa shape index (κ1) is 11.5. The maximum absolute atomic E-state index is 11.6. The Morgan fingerprint density at radius 3 is 2.53 bits per heavy atom. The lowest BCUT2D eigenvalue weighted by Crippen LogP contribution is -2.06. The minimum Gasteiger partial charge on any atom is -0.481 e. The highest BCUT2D eigenvalue weighted by atomic mass is 32.1. The molecule has 0 bridgehead atoms. The molecule has 0 amide bonds. The molecular weight excluding hydrogens is 212 g/mol. The standard InChI is InChI=1S/C11H10O3S/c12-10(5-6-11(13)14)9-4-2-1-3-8(9)7-15/h1-4,7H,5-6H2,(H,13,14). The van der Waals surface area contributed by atoms with Crippen LogP contribution in [-0.4, -0.2) is 22.2 Å². The van der Waals surface area contributed by atoms with E-state index in [1.165, 1.54) is 5.37 Å². The van der Waals surface area contributed by atoms with Gasteiger partial charge in [-0.2, -0.15) is 0 Å². The Labute approximate surface area is 92.7 Å². The van der Waals surface area contributed by atoms with Crippen LogP contribution in [0.3, 0.4) is 0 Å². The maximum Gasteiger partial charge on any atom is 0.303 e. The van der Waals surface area contributed by atoms with Crippen molar-refractivity contribution in [3.05, 3.63) is 35.4 Å². The van der Waals surface area contributed by atoms with Crippen molar-refractivity contribution in [2.75, 3.05) is 0 Å². The van der Waals surface area contributed by atoms with Crippen LogP contribution in [0.4, 0.5) is 0 Å². The van der Waals surface area contributed by atoms with Gasteiger partial charge in [0.05, 0.1) is 6.42 Å². The Morgan fingerprint density at radius 2 is 1.93 bits per heavy atom. The van der Waals surface area contributed by atoms with Gasteiger partial charge in [0.15, 0.2) is 5.78 Å². The first-order valence-electron chi connectivity index (χ1n) is 4.44. The van der Waals surface area contributed by atoms with Gasteiger partial charge in [-0.05, 0) is 5.56 Å². The second-order valence-corrected chi connectivity index (χ2v) is 3.26. The molecule has 1 N–H and O–H groups in total. The third kappa shape index (κ3) is 3.25. The number of Topliss-reactive ketones (excluding diaryl/α,β-unsaturated/α-hetero) is 1. The predicted octanol–water partition coefficient (Wildman–Crippen LogP) is 2.08. The molecule has 0 aliphatic heterocycles. The van der Waals surface area contributed by atoms with Crippen molar-refractivity contribution in [3.8, 4) is 0 Å². The average Bonchev–Trinajstić information content (AvgIpc) is 2.25. The van der Waals surface area contributed by atoms with Gasteiger partial charge >= 0.3 is 5.97 Å². The van der Waals surface area contributed by atoms with E-state index in [4.69, 9.17) is 17.3 Å². The number of ketones is 1. The summed E-state index contributed by atoms with van der Waals surface area (Å²) in [6, 6.07) is 6.91. The lowest BCUT2D eigenvalue weighted by atomic mass is 10.0. The van der Waals surface area contributed by atoms with Gasteiger partial charge in [-0.15, -0.1) is 0 Å². The summed E-state index contributed by atoms with van der Waals surface area (Å²) < 4.78 is 0. The molecule has 1 aromatic rings. The van der Waals surface area contributed by atoms with Crippen molar-refractivity contribution in [3.63, 3.8) is 0 Å². The van der Waals surface area contributed by atoms with Crippen LogP contribution in [0.5, 0.6) is 0 Å². The topological polar surface area (TPSA) is 54.4 Å². The molecule has 3 nitrogen and oxygen atoms in total. The lowest BCUT2D eigenvalue weighted by Gasteiger charge is -2.02. The molecule has 0 saturated heterocycles. The molecule has 4 heteroatoms. The molecule has 1 aromatic carbocycles. The number of carboxylic acid groups (broad SMARTS) is 1. The van der Waals surface area contributed by atoms with Crippen LogP contribution in [0.1, 0.15) is 28.8 Å². The summed E-state index contributed by atoms with van der Waals surface area (Å²) in [6.45, 7) is 0. The molecule has 0 atom stereocenters. The van der Waals surface area contributed by atoms with Gasteiger partial charge in [0.2, 0.25) is 0 Å². The fraction of sp³-hybridized carbons (Fsp3) is 0.182. The summed E-state index contributed by atoms with van der Waals surface area (Å²) >= 11 is 4.77. The third-order valence-electron chi connectivity index (χ3n) is 1.95. The van der Waals surface area contributed by atoms with E-state index in [9.17, 15) is 9.59 Å². The highest BCUT2D eigenvalue weighted by Gasteiger charge is 2.10. The van der Waals surface area contributed by atoms with Crippen LogP contribution in [0, 0.1) is 0 Å². The SMILES string of the molecule is O=C(O)CCC(=O)c1ccccc1C=S. The molecule has 0 radical (unpaired) electrons. The van der Waals surface area contributed by atoms with Crippen LogP contribution in [-0.2, 0) is 4.79 Å². The van der Waals surface area contributed by atoms with Crippen molar-refractivity contribution in [2.45, 2.75) is 12.8 Å². The van der Waals surface area contributed by atoms with Crippen LogP contribution in [0.25, 0.3) is 0 Å². The summed E-state index contributed by atoms with van der Waals surface area (Å²) in [5, 5.41) is 9.88. The Kier molecular flexibility index (Phi) is 4.12. The van der Waals surface area contributed by atoms with Gasteiger partial charge in [0.1, 0.15) is 0 Å². The molecule has 1 rings (SSSR count). The van der Waals surface area contributed by atoms with Gasteiger partial charge in [-0.25, -0.2) is 0 Å². The normalized spacial score (nSPS) is 9.60. The fourth-order valence-corrected chi connectivity index (χ4v) is 1.41. The molecule has 0 aromatic heterocycles. The minimum absolute atomic E-state index is 0.00944. The molecule has 0 aliphatic carbocycles. The summed E-state index contributed by atoms with van der Waals surface area (Å²) in [5.74, 6) is -1.16. The summed E-state index contributed by atoms with van der Waals surface area (Å²) in [4.78, 5) is 21.9. The molecule has 0 heterocycles. The summed E-state index contributed by atoms with van der Waals surface area (Å²) in [5.41, 5.74) is 1.16. The molecule has 0 unspecified atom stereocenters. The lowest BCUT2D eigenvalue weighted by molar-refractivity contribution is -0.136. The van der Waals surface area contributed by atoms with Crippen LogP contribution in [0.15, 0.2) is 24.3 Å². The van der Waals surface area contributed by atoms with E-state index in [1.54, 1.807) is 24.3 Å². The number of carbonyl (C=O) groups is 2. The van der Waals surface area contributed by atoms with Gasteiger partial charge in [0, 0.05) is 17.4 Å². The number of aliphatic carboxylic acids is 1. The van der Waals surface area contributed by atoms with Crippen molar-refractivity contribution in [1.29, 1.82) is 0 Å². The van der Waals surface area contributed by atoms with E-state index in [1.807, 2.05) is 0 Å². The molecule has 0 fully saturated rings. The van der Waals surface area contributed by atoms with E-state index in [-0.39, 0.29) is 18.6 Å². The largest absolute Gasteiger partial charge is 0.481 e. The quantitative estimate of drug-likeness (QED) is 0.612. The number of rotatable bonds is 5. The Hall–Kier alpha value is -1.55. The van der Waals surface area contributed by atoms with Crippen molar-refractivity contribution < 1.29 is 14.7 Å². The molecule has 0 spiro atoms. The molecule has 15 heavy (non-hydrogen) atoms. The number of thiocarbonyl (C=S) groups is 1. The number of carbonyl (C=O) groups excluding carboxylic acids is 1. The summed E-state index contributed by atoms with van der Waals surface area (Å²) in [7, 11) is 0. The molecule has 0 saturated carbocycles. The van der Waals surface area contributed by atoms with Gasteiger partial charge in [0.25, 0.3) is 0 Å². The van der Waals surface area contributed by atoms with Crippen LogP contribution >= 0.6 is 12.2 Å². The van der Waals surface area contributed by atoms with E-state index in [0.717, 1.165) is 0 Å². The monoisotopic (exact) mass is 222 g/mol. The van der Waals surface area contributed by atoms with Crippen LogP contribution in [0.2, 0.25) is 0 Å². The zero-order valence-electron chi connectivity index (χ0n) is 7.97. The minimum atomic E-state index is -0.969. The number of benzene rings is 1. The highest BCUT2D eigenvalue weighted by Crippen LogP contribution is 2.10. The van der Waals surface area contributed by atoms with Gasteiger partial charge in [-0.3, -0.25) is 9.59 Å².